The first-order valence-corrected chi connectivity index (χ1v) is 9.96. The average Bonchev–Trinajstić information content (AvgIpc) is 3.00. The second-order valence-corrected chi connectivity index (χ2v) is 8.87. The molecule has 1 aliphatic rings. The SMILES string of the molecule is COC(=O)c1sc(Br)cc1N(C(=O)C1CCC(C)CC1)C(CO)CO. The highest BCUT2D eigenvalue weighted by atomic mass is 79.9. The number of rotatable bonds is 6. The fourth-order valence-electron chi connectivity index (χ4n) is 3.19. The molecular formula is C17H24BrNO5S. The van der Waals surface area contributed by atoms with E-state index in [-0.39, 0.29) is 29.9 Å². The van der Waals surface area contributed by atoms with Crippen molar-refractivity contribution >= 4 is 44.8 Å². The summed E-state index contributed by atoms with van der Waals surface area (Å²) in [5.74, 6) is -0.267. The Morgan fingerprint density at radius 1 is 1.32 bits per heavy atom. The number of halogens is 1. The molecule has 0 saturated heterocycles. The minimum absolute atomic E-state index is 0.157. The van der Waals surface area contributed by atoms with Gasteiger partial charge in [0.05, 0.1) is 35.8 Å². The van der Waals surface area contributed by atoms with Crippen LogP contribution in [0.4, 0.5) is 5.69 Å². The summed E-state index contributed by atoms with van der Waals surface area (Å²) in [6.07, 6.45) is 3.51. The lowest BCUT2D eigenvalue weighted by atomic mass is 9.82. The number of hydrogen-bond acceptors (Lipinski definition) is 6. The Labute approximate surface area is 159 Å². The second kappa shape index (κ2) is 9.12. The highest BCUT2D eigenvalue weighted by molar-refractivity contribution is 9.11. The van der Waals surface area contributed by atoms with Crippen LogP contribution in [0.2, 0.25) is 0 Å². The third-order valence-electron chi connectivity index (χ3n) is 4.70. The van der Waals surface area contributed by atoms with Crippen molar-refractivity contribution in [1.29, 1.82) is 0 Å². The summed E-state index contributed by atoms with van der Waals surface area (Å²) in [5.41, 5.74) is 0.375. The minimum atomic E-state index is -0.795. The Morgan fingerprint density at radius 3 is 2.44 bits per heavy atom. The molecule has 0 atom stereocenters. The third-order valence-corrected chi connectivity index (χ3v) is 6.31. The number of aliphatic hydroxyl groups is 2. The fraction of sp³-hybridized carbons (Fsp3) is 0.647. The smallest absolute Gasteiger partial charge is 0.350 e. The molecule has 1 aromatic rings. The molecule has 1 saturated carbocycles. The molecule has 0 aliphatic heterocycles. The highest BCUT2D eigenvalue weighted by Crippen LogP contribution is 2.38. The molecule has 0 spiro atoms. The topological polar surface area (TPSA) is 87.1 Å². The maximum atomic E-state index is 13.2. The van der Waals surface area contributed by atoms with Gasteiger partial charge < -0.3 is 19.8 Å². The Kier molecular flexibility index (Phi) is 7.42. The van der Waals surface area contributed by atoms with E-state index in [1.54, 1.807) is 6.07 Å². The Balaban J connectivity index is 2.40. The minimum Gasteiger partial charge on any atom is -0.465 e. The standard InChI is InChI=1S/C17H24BrNO5S/c1-10-3-5-11(6-4-10)16(22)19(12(8-20)9-21)13-7-14(18)25-15(13)17(23)24-2/h7,10-12,20-21H,3-6,8-9H2,1-2H3. The van der Waals surface area contributed by atoms with Crippen LogP contribution < -0.4 is 4.90 Å². The molecule has 2 rings (SSSR count). The predicted molar refractivity (Wildman–Crippen MR) is 99.9 cm³/mol. The summed E-state index contributed by atoms with van der Waals surface area (Å²) in [6, 6.07) is 0.871. The molecule has 1 fully saturated rings. The van der Waals surface area contributed by atoms with Gasteiger partial charge in [-0.1, -0.05) is 6.92 Å². The van der Waals surface area contributed by atoms with Gasteiger partial charge in [0.2, 0.25) is 5.91 Å². The van der Waals surface area contributed by atoms with E-state index in [4.69, 9.17) is 4.74 Å². The van der Waals surface area contributed by atoms with Crippen molar-refractivity contribution in [3.63, 3.8) is 0 Å². The maximum Gasteiger partial charge on any atom is 0.350 e. The molecule has 8 heteroatoms. The largest absolute Gasteiger partial charge is 0.465 e. The van der Waals surface area contributed by atoms with Gasteiger partial charge in [-0.2, -0.15) is 0 Å². The summed E-state index contributed by atoms with van der Waals surface area (Å²) in [7, 11) is 1.28. The van der Waals surface area contributed by atoms with E-state index in [2.05, 4.69) is 22.9 Å². The fourth-order valence-corrected chi connectivity index (χ4v) is 4.69. The van der Waals surface area contributed by atoms with E-state index >= 15 is 0 Å². The highest BCUT2D eigenvalue weighted by Gasteiger charge is 2.35. The number of aliphatic hydroxyl groups excluding tert-OH is 2. The lowest BCUT2D eigenvalue weighted by Gasteiger charge is -2.34. The average molecular weight is 434 g/mol. The number of carbonyl (C=O) groups is 2. The Bertz CT molecular complexity index is 608. The number of carbonyl (C=O) groups excluding carboxylic acids is 2. The van der Waals surface area contributed by atoms with Crippen molar-refractivity contribution < 1.29 is 24.5 Å². The van der Waals surface area contributed by atoms with E-state index in [0.717, 1.165) is 37.0 Å². The van der Waals surface area contributed by atoms with Gasteiger partial charge in [-0.3, -0.25) is 4.79 Å². The summed E-state index contributed by atoms with van der Waals surface area (Å²) in [5, 5.41) is 19.3. The number of ether oxygens (including phenoxy) is 1. The van der Waals surface area contributed by atoms with Gasteiger partial charge in [0.25, 0.3) is 0 Å². The molecular weight excluding hydrogens is 410 g/mol. The van der Waals surface area contributed by atoms with Crippen molar-refractivity contribution in [3.8, 4) is 0 Å². The van der Waals surface area contributed by atoms with Gasteiger partial charge in [-0.05, 0) is 53.6 Å². The monoisotopic (exact) mass is 433 g/mol. The Morgan fingerprint density at radius 2 is 1.92 bits per heavy atom. The van der Waals surface area contributed by atoms with Crippen molar-refractivity contribution in [1.82, 2.24) is 0 Å². The molecule has 140 valence electrons. The van der Waals surface area contributed by atoms with E-state index < -0.39 is 12.0 Å². The third kappa shape index (κ3) is 4.61. The van der Waals surface area contributed by atoms with Crippen LogP contribution in [0.1, 0.15) is 42.3 Å². The number of thiophene rings is 1. The predicted octanol–water partition coefficient (Wildman–Crippen LogP) is 2.81. The van der Waals surface area contributed by atoms with Gasteiger partial charge >= 0.3 is 5.97 Å². The lowest BCUT2D eigenvalue weighted by molar-refractivity contribution is -0.124. The number of esters is 1. The molecule has 1 amide bonds. The number of amides is 1. The maximum absolute atomic E-state index is 13.2. The molecule has 0 radical (unpaired) electrons. The van der Waals surface area contributed by atoms with Crippen LogP contribution in [-0.2, 0) is 9.53 Å². The van der Waals surface area contributed by atoms with Crippen LogP contribution in [0.15, 0.2) is 9.85 Å². The zero-order valence-electron chi connectivity index (χ0n) is 14.4. The number of nitrogens with zero attached hydrogens (tertiary/aromatic N) is 1. The molecule has 1 aliphatic carbocycles. The van der Waals surface area contributed by atoms with Gasteiger partial charge in [-0.15, -0.1) is 11.3 Å². The zero-order chi connectivity index (χ0) is 18.6. The number of anilines is 1. The first-order valence-electron chi connectivity index (χ1n) is 8.35. The van der Waals surface area contributed by atoms with Crippen LogP contribution in [0.3, 0.4) is 0 Å². The van der Waals surface area contributed by atoms with Gasteiger partial charge in [0, 0.05) is 5.92 Å². The van der Waals surface area contributed by atoms with Crippen LogP contribution in [-0.4, -0.2) is 48.5 Å². The van der Waals surface area contributed by atoms with Crippen molar-refractivity contribution in [3.05, 3.63) is 14.7 Å². The second-order valence-electron chi connectivity index (χ2n) is 6.44. The molecule has 1 aromatic heterocycles. The van der Waals surface area contributed by atoms with Crippen molar-refractivity contribution in [2.24, 2.45) is 11.8 Å². The summed E-state index contributed by atoms with van der Waals surface area (Å²) >= 11 is 4.51. The van der Waals surface area contributed by atoms with E-state index in [9.17, 15) is 19.8 Å². The lowest BCUT2D eigenvalue weighted by Crippen LogP contribution is -2.48. The molecule has 1 heterocycles. The molecule has 0 aromatic carbocycles. The van der Waals surface area contributed by atoms with E-state index in [1.807, 2.05) is 0 Å². The molecule has 0 bridgehead atoms. The van der Waals surface area contributed by atoms with E-state index in [1.165, 1.54) is 12.0 Å². The zero-order valence-corrected chi connectivity index (χ0v) is 16.8. The quantitative estimate of drug-likeness (QED) is 0.673. The summed E-state index contributed by atoms with van der Waals surface area (Å²) < 4.78 is 5.49. The van der Waals surface area contributed by atoms with Crippen LogP contribution >= 0.6 is 27.3 Å². The first-order chi connectivity index (χ1) is 11.9. The first kappa shape index (κ1) is 20.4. The van der Waals surface area contributed by atoms with E-state index in [0.29, 0.717) is 15.4 Å². The van der Waals surface area contributed by atoms with Gasteiger partial charge in [0.1, 0.15) is 4.88 Å². The molecule has 25 heavy (non-hydrogen) atoms. The number of hydrogen-bond donors (Lipinski definition) is 2. The van der Waals surface area contributed by atoms with Gasteiger partial charge in [-0.25, -0.2) is 4.79 Å². The van der Waals surface area contributed by atoms with Crippen LogP contribution in [0.25, 0.3) is 0 Å². The number of methoxy groups -OCH3 is 1. The van der Waals surface area contributed by atoms with Crippen LogP contribution in [0.5, 0.6) is 0 Å². The van der Waals surface area contributed by atoms with Gasteiger partial charge in [0.15, 0.2) is 0 Å². The molecule has 6 nitrogen and oxygen atoms in total. The Hall–Kier alpha value is -0.960. The molecule has 2 N–H and O–H groups in total. The van der Waals surface area contributed by atoms with Crippen molar-refractivity contribution in [2.45, 2.75) is 38.6 Å². The normalized spacial score (nSPS) is 20.6. The molecule has 0 unspecified atom stereocenters. The summed E-state index contributed by atoms with van der Waals surface area (Å²) in [4.78, 5) is 26.9. The van der Waals surface area contributed by atoms with Crippen LogP contribution in [0, 0.1) is 11.8 Å². The van der Waals surface area contributed by atoms with Crippen molar-refractivity contribution in [2.75, 3.05) is 25.2 Å². The summed E-state index contributed by atoms with van der Waals surface area (Å²) in [6.45, 7) is 1.40.